The highest BCUT2D eigenvalue weighted by Gasteiger charge is 2.24. The quantitative estimate of drug-likeness (QED) is 0.889. The molecule has 0 bridgehead atoms. The van der Waals surface area contributed by atoms with Gasteiger partial charge in [-0.1, -0.05) is 42.0 Å². The number of nitrogens with zero attached hydrogens (tertiary/aromatic N) is 1. The van der Waals surface area contributed by atoms with Crippen LogP contribution in [0.5, 0.6) is 0 Å². The van der Waals surface area contributed by atoms with E-state index >= 15 is 0 Å². The molecule has 5 nitrogen and oxygen atoms in total. The van der Waals surface area contributed by atoms with Crippen LogP contribution in [0.1, 0.15) is 44.2 Å². The Morgan fingerprint density at radius 2 is 1.88 bits per heavy atom. The summed E-state index contributed by atoms with van der Waals surface area (Å²) in [5.74, 6) is 0.0200. The van der Waals surface area contributed by atoms with Gasteiger partial charge in [-0.05, 0) is 39.2 Å². The molecule has 1 N–H and O–H groups in total. The molecule has 1 aromatic carbocycles. The molecule has 136 valence electrons. The van der Waals surface area contributed by atoms with Crippen LogP contribution < -0.4 is 5.32 Å². The molecule has 0 radical (unpaired) electrons. The van der Waals surface area contributed by atoms with Crippen LogP contribution in [0.4, 0.5) is 4.79 Å². The van der Waals surface area contributed by atoms with Gasteiger partial charge in [-0.15, -0.1) is 0 Å². The lowest BCUT2D eigenvalue weighted by atomic mass is 10.1. The number of nitrogens with one attached hydrogen (secondary N) is 1. The van der Waals surface area contributed by atoms with Crippen molar-refractivity contribution >= 4 is 18.1 Å². The van der Waals surface area contributed by atoms with Crippen molar-refractivity contribution in [2.75, 3.05) is 13.1 Å². The van der Waals surface area contributed by atoms with Crippen molar-refractivity contribution in [2.24, 2.45) is 0 Å². The summed E-state index contributed by atoms with van der Waals surface area (Å²) in [6.45, 7) is 6.98. The van der Waals surface area contributed by atoms with E-state index in [4.69, 9.17) is 4.74 Å². The van der Waals surface area contributed by atoms with E-state index in [2.05, 4.69) is 24.4 Å². The van der Waals surface area contributed by atoms with Gasteiger partial charge in [0.05, 0.1) is 6.10 Å². The maximum absolute atomic E-state index is 12.0. The maximum atomic E-state index is 12.0. The smallest absolute Gasteiger partial charge is 0.410 e. The Bertz CT molecular complexity index is 600. The van der Waals surface area contributed by atoms with Crippen LogP contribution >= 0.6 is 0 Å². The number of carbonyl (C=O) groups is 2. The van der Waals surface area contributed by atoms with Gasteiger partial charge in [-0.25, -0.2) is 4.79 Å². The number of carbonyl (C=O) groups excluding carboxylic acids is 2. The molecule has 0 saturated carbocycles. The highest BCUT2D eigenvalue weighted by molar-refractivity contribution is 5.78. The van der Waals surface area contributed by atoms with Crippen LogP contribution in [0.25, 0.3) is 6.08 Å². The lowest BCUT2D eigenvalue weighted by Crippen LogP contribution is -2.46. The summed E-state index contributed by atoms with van der Waals surface area (Å²) >= 11 is 0. The van der Waals surface area contributed by atoms with Gasteiger partial charge < -0.3 is 15.0 Å². The van der Waals surface area contributed by atoms with Gasteiger partial charge in [0.1, 0.15) is 0 Å². The molecule has 1 fully saturated rings. The van der Waals surface area contributed by atoms with Crippen molar-refractivity contribution in [3.8, 4) is 0 Å². The van der Waals surface area contributed by atoms with E-state index in [-0.39, 0.29) is 24.1 Å². The van der Waals surface area contributed by atoms with E-state index in [0.717, 1.165) is 18.4 Å². The van der Waals surface area contributed by atoms with Crippen LogP contribution in [-0.2, 0) is 9.53 Å². The first kappa shape index (κ1) is 19.0. The second-order valence-corrected chi connectivity index (χ2v) is 6.78. The van der Waals surface area contributed by atoms with Crippen LogP contribution in [0, 0.1) is 6.92 Å². The Balaban J connectivity index is 1.70. The zero-order chi connectivity index (χ0) is 18.2. The molecular formula is C20H28N2O3. The molecule has 2 rings (SSSR count). The van der Waals surface area contributed by atoms with Crippen LogP contribution in [0.3, 0.4) is 0 Å². The molecule has 1 saturated heterocycles. The van der Waals surface area contributed by atoms with Gasteiger partial charge in [0, 0.05) is 25.6 Å². The lowest BCUT2D eigenvalue weighted by Gasteiger charge is -2.32. The highest BCUT2D eigenvalue weighted by Crippen LogP contribution is 2.12. The van der Waals surface area contributed by atoms with E-state index in [9.17, 15) is 9.59 Å². The average Bonchev–Trinajstić information content (AvgIpc) is 2.56. The summed E-state index contributed by atoms with van der Waals surface area (Å²) < 4.78 is 5.20. The predicted molar refractivity (Wildman–Crippen MR) is 99.2 cm³/mol. The van der Waals surface area contributed by atoms with Crippen LogP contribution in [0.15, 0.2) is 30.3 Å². The number of likely N-dealkylation sites (tertiary alicyclic amines) is 1. The zero-order valence-corrected chi connectivity index (χ0v) is 15.3. The van der Waals surface area contributed by atoms with E-state index in [1.54, 1.807) is 4.90 Å². The molecule has 1 aliphatic heterocycles. The van der Waals surface area contributed by atoms with Crippen molar-refractivity contribution < 1.29 is 14.3 Å². The number of aryl methyl sites for hydroxylation is 1. The molecule has 25 heavy (non-hydrogen) atoms. The Hall–Kier alpha value is -2.30. The molecule has 0 aliphatic carbocycles. The minimum atomic E-state index is -0.263. The Morgan fingerprint density at radius 3 is 2.48 bits per heavy atom. The first-order valence-corrected chi connectivity index (χ1v) is 8.92. The molecule has 0 atom stereocenters. The summed E-state index contributed by atoms with van der Waals surface area (Å²) in [4.78, 5) is 25.6. The summed E-state index contributed by atoms with van der Waals surface area (Å²) in [7, 11) is 0. The number of hydrogen-bond donors (Lipinski definition) is 1. The largest absolute Gasteiger partial charge is 0.447 e. The third-order valence-corrected chi connectivity index (χ3v) is 4.15. The summed E-state index contributed by atoms with van der Waals surface area (Å²) in [6, 6.07) is 8.31. The fourth-order valence-corrected chi connectivity index (χ4v) is 2.75. The fourth-order valence-electron chi connectivity index (χ4n) is 2.75. The number of benzene rings is 1. The van der Waals surface area contributed by atoms with Crippen molar-refractivity contribution in [3.05, 3.63) is 41.5 Å². The minimum Gasteiger partial charge on any atom is -0.447 e. The van der Waals surface area contributed by atoms with Crippen molar-refractivity contribution in [1.82, 2.24) is 10.2 Å². The molecule has 2 amide bonds. The van der Waals surface area contributed by atoms with E-state index in [0.29, 0.717) is 19.5 Å². The third kappa shape index (κ3) is 6.61. The van der Waals surface area contributed by atoms with Gasteiger partial charge in [0.15, 0.2) is 0 Å². The van der Waals surface area contributed by atoms with Crippen molar-refractivity contribution in [2.45, 2.75) is 52.2 Å². The third-order valence-electron chi connectivity index (χ3n) is 4.15. The zero-order valence-electron chi connectivity index (χ0n) is 15.3. The Morgan fingerprint density at radius 1 is 1.24 bits per heavy atom. The van der Waals surface area contributed by atoms with Gasteiger partial charge in [-0.3, -0.25) is 4.79 Å². The van der Waals surface area contributed by atoms with Crippen LogP contribution in [-0.4, -0.2) is 42.1 Å². The molecule has 0 aromatic heterocycles. The first-order chi connectivity index (χ1) is 11.9. The minimum absolute atomic E-state index is 0.0200. The van der Waals surface area contributed by atoms with Crippen molar-refractivity contribution in [1.29, 1.82) is 0 Å². The number of ether oxygens (including phenoxy) is 1. The monoisotopic (exact) mass is 344 g/mol. The van der Waals surface area contributed by atoms with E-state index in [1.165, 1.54) is 5.56 Å². The highest BCUT2D eigenvalue weighted by atomic mass is 16.6. The topological polar surface area (TPSA) is 58.6 Å². The SMILES string of the molecule is Cc1ccc(C=CCC(=O)NC2CCN(C(=O)OC(C)C)CC2)cc1. The molecule has 5 heteroatoms. The number of hydrogen-bond acceptors (Lipinski definition) is 3. The molecule has 1 aromatic rings. The van der Waals surface area contributed by atoms with Crippen molar-refractivity contribution in [3.63, 3.8) is 0 Å². The molecule has 0 spiro atoms. The molecule has 0 unspecified atom stereocenters. The predicted octanol–water partition coefficient (Wildman–Crippen LogP) is 3.52. The normalized spacial score (nSPS) is 15.6. The Labute approximate surface area is 150 Å². The molecular weight excluding hydrogens is 316 g/mol. The summed E-state index contributed by atoms with van der Waals surface area (Å²) in [6.07, 6.45) is 5.37. The molecule has 1 aliphatic rings. The summed E-state index contributed by atoms with van der Waals surface area (Å²) in [5, 5.41) is 3.05. The number of amides is 2. The van der Waals surface area contributed by atoms with Gasteiger partial charge in [-0.2, -0.15) is 0 Å². The second-order valence-electron chi connectivity index (χ2n) is 6.78. The second kappa shape index (κ2) is 9.25. The first-order valence-electron chi connectivity index (χ1n) is 8.92. The van der Waals surface area contributed by atoms with E-state index < -0.39 is 0 Å². The van der Waals surface area contributed by atoms with Crippen LogP contribution in [0.2, 0.25) is 0 Å². The molecule has 1 heterocycles. The van der Waals surface area contributed by atoms with Gasteiger partial charge in [0.2, 0.25) is 5.91 Å². The average molecular weight is 344 g/mol. The van der Waals surface area contributed by atoms with Gasteiger partial charge in [0.25, 0.3) is 0 Å². The number of piperidine rings is 1. The maximum Gasteiger partial charge on any atom is 0.410 e. The fraction of sp³-hybridized carbons (Fsp3) is 0.500. The standard InChI is InChI=1S/C20H28N2O3/c1-15(2)25-20(24)22-13-11-18(12-14-22)21-19(23)6-4-5-17-9-7-16(3)8-10-17/h4-5,7-10,15,18H,6,11-14H2,1-3H3,(H,21,23). The van der Waals surface area contributed by atoms with E-state index in [1.807, 2.05) is 38.1 Å². The lowest BCUT2D eigenvalue weighted by molar-refractivity contribution is -0.121. The van der Waals surface area contributed by atoms with Gasteiger partial charge >= 0.3 is 6.09 Å². The summed E-state index contributed by atoms with van der Waals surface area (Å²) in [5.41, 5.74) is 2.31. The Kier molecular flexibility index (Phi) is 7.04. The number of rotatable bonds is 5.